The largest absolute Gasteiger partial charge is 0.264 e. The van der Waals surface area contributed by atoms with Gasteiger partial charge in [-0.05, 0) is 28.5 Å². The third-order valence-corrected chi connectivity index (χ3v) is 2.50. The summed E-state index contributed by atoms with van der Waals surface area (Å²) in [7, 11) is 0. The molecule has 0 saturated carbocycles. The van der Waals surface area contributed by atoms with Crippen molar-refractivity contribution >= 4 is 6.08 Å². The summed E-state index contributed by atoms with van der Waals surface area (Å²) in [5, 5.41) is 0. The van der Waals surface area contributed by atoms with Gasteiger partial charge in [0.2, 0.25) is 0 Å². The Morgan fingerprint density at radius 2 is 2.00 bits per heavy atom. The summed E-state index contributed by atoms with van der Waals surface area (Å²) in [6.07, 6.45) is 9.45. The highest BCUT2D eigenvalue weighted by Crippen LogP contribution is 2.30. The van der Waals surface area contributed by atoms with Gasteiger partial charge in [0.15, 0.2) is 0 Å². The molecule has 1 nitrogen and oxygen atoms in total. The summed E-state index contributed by atoms with van der Waals surface area (Å²) >= 11 is 0. The topological polar surface area (TPSA) is 12.9 Å². The van der Waals surface area contributed by atoms with E-state index in [0.29, 0.717) is 0 Å². The van der Waals surface area contributed by atoms with Crippen LogP contribution in [0.25, 0.3) is 6.08 Å². The molecule has 1 aliphatic carbocycles. The van der Waals surface area contributed by atoms with Crippen LogP contribution in [0.15, 0.2) is 18.5 Å². The van der Waals surface area contributed by atoms with Crippen LogP contribution < -0.4 is 0 Å². The SMILES string of the molecule is CC(C)(C)c1cncc2c1C=CC2. The summed E-state index contributed by atoms with van der Waals surface area (Å²) in [4.78, 5) is 4.28. The van der Waals surface area contributed by atoms with E-state index >= 15 is 0 Å². The second kappa shape index (κ2) is 2.69. The van der Waals surface area contributed by atoms with E-state index in [1.54, 1.807) is 0 Å². The average molecular weight is 173 g/mol. The van der Waals surface area contributed by atoms with Gasteiger partial charge in [0, 0.05) is 12.4 Å². The molecule has 0 fully saturated rings. The number of hydrogen-bond donors (Lipinski definition) is 0. The molecule has 13 heavy (non-hydrogen) atoms. The molecule has 0 aromatic carbocycles. The number of fused-ring (bicyclic) bond motifs is 1. The van der Waals surface area contributed by atoms with Crippen LogP contribution >= 0.6 is 0 Å². The van der Waals surface area contributed by atoms with Crippen molar-refractivity contribution in [3.05, 3.63) is 35.2 Å². The monoisotopic (exact) mass is 173 g/mol. The number of aromatic nitrogens is 1. The first-order valence-corrected chi connectivity index (χ1v) is 4.73. The van der Waals surface area contributed by atoms with Gasteiger partial charge in [0.05, 0.1) is 0 Å². The maximum Gasteiger partial charge on any atom is 0.0311 e. The Morgan fingerprint density at radius 1 is 1.23 bits per heavy atom. The highest BCUT2D eigenvalue weighted by atomic mass is 14.6. The van der Waals surface area contributed by atoms with Crippen molar-refractivity contribution in [2.24, 2.45) is 0 Å². The van der Waals surface area contributed by atoms with E-state index in [2.05, 4.69) is 37.9 Å². The predicted molar refractivity (Wildman–Crippen MR) is 55.7 cm³/mol. The zero-order chi connectivity index (χ0) is 9.47. The molecule has 0 bridgehead atoms. The number of allylic oxidation sites excluding steroid dienone is 1. The third-order valence-electron chi connectivity index (χ3n) is 2.50. The first-order valence-electron chi connectivity index (χ1n) is 4.73. The standard InChI is InChI=1S/C12H15N/c1-12(2,3)11-8-13-7-9-5-4-6-10(9)11/h4,6-8H,5H2,1-3H3. The fourth-order valence-electron chi connectivity index (χ4n) is 1.77. The van der Waals surface area contributed by atoms with Crippen molar-refractivity contribution < 1.29 is 0 Å². The Labute approximate surface area is 79.5 Å². The number of hydrogen-bond acceptors (Lipinski definition) is 1. The molecule has 68 valence electrons. The normalized spacial score (nSPS) is 14.7. The van der Waals surface area contributed by atoms with Gasteiger partial charge in [0.25, 0.3) is 0 Å². The first kappa shape index (κ1) is 8.49. The molecule has 2 rings (SSSR count). The van der Waals surface area contributed by atoms with Gasteiger partial charge in [0.1, 0.15) is 0 Å². The minimum atomic E-state index is 0.201. The molecular weight excluding hydrogens is 158 g/mol. The van der Waals surface area contributed by atoms with Gasteiger partial charge >= 0.3 is 0 Å². The van der Waals surface area contributed by atoms with Crippen LogP contribution in [0.3, 0.4) is 0 Å². The molecule has 0 aliphatic heterocycles. The van der Waals surface area contributed by atoms with Crippen LogP contribution in [0.2, 0.25) is 0 Å². The summed E-state index contributed by atoms with van der Waals surface area (Å²) in [5.74, 6) is 0. The average Bonchev–Trinajstić information content (AvgIpc) is 2.48. The van der Waals surface area contributed by atoms with Gasteiger partial charge in [-0.15, -0.1) is 0 Å². The lowest BCUT2D eigenvalue weighted by Gasteiger charge is -2.21. The van der Waals surface area contributed by atoms with Crippen molar-refractivity contribution in [1.82, 2.24) is 4.98 Å². The molecular formula is C12H15N. The molecule has 0 radical (unpaired) electrons. The molecule has 0 unspecified atom stereocenters. The minimum absolute atomic E-state index is 0.201. The van der Waals surface area contributed by atoms with Gasteiger partial charge < -0.3 is 0 Å². The highest BCUT2D eigenvalue weighted by Gasteiger charge is 2.20. The molecule has 0 saturated heterocycles. The lowest BCUT2D eigenvalue weighted by atomic mass is 9.84. The smallest absolute Gasteiger partial charge is 0.0311 e. The molecule has 0 spiro atoms. The van der Waals surface area contributed by atoms with Crippen molar-refractivity contribution in [2.45, 2.75) is 32.6 Å². The van der Waals surface area contributed by atoms with Gasteiger partial charge in [-0.25, -0.2) is 0 Å². The van der Waals surface area contributed by atoms with Crippen molar-refractivity contribution in [1.29, 1.82) is 0 Å². The molecule has 1 heteroatoms. The van der Waals surface area contributed by atoms with E-state index in [1.807, 2.05) is 12.4 Å². The van der Waals surface area contributed by atoms with Crippen LogP contribution in [0, 0.1) is 0 Å². The van der Waals surface area contributed by atoms with E-state index < -0.39 is 0 Å². The van der Waals surface area contributed by atoms with E-state index in [4.69, 9.17) is 0 Å². The van der Waals surface area contributed by atoms with Crippen LogP contribution in [0.4, 0.5) is 0 Å². The second-order valence-electron chi connectivity index (χ2n) is 4.62. The molecule has 1 heterocycles. The molecule has 0 amide bonds. The Bertz CT molecular complexity index is 356. The zero-order valence-electron chi connectivity index (χ0n) is 8.46. The van der Waals surface area contributed by atoms with Crippen molar-refractivity contribution in [3.8, 4) is 0 Å². The summed E-state index contributed by atoms with van der Waals surface area (Å²) in [6, 6.07) is 0. The zero-order valence-corrected chi connectivity index (χ0v) is 8.46. The van der Waals surface area contributed by atoms with Crippen LogP contribution in [-0.2, 0) is 11.8 Å². The number of rotatable bonds is 0. The fraction of sp³-hybridized carbons (Fsp3) is 0.417. The number of nitrogens with zero attached hydrogens (tertiary/aromatic N) is 1. The molecule has 0 N–H and O–H groups in total. The Hall–Kier alpha value is -1.11. The highest BCUT2D eigenvalue weighted by molar-refractivity contribution is 5.63. The Morgan fingerprint density at radius 3 is 2.69 bits per heavy atom. The molecule has 1 aliphatic rings. The fourth-order valence-corrected chi connectivity index (χ4v) is 1.77. The minimum Gasteiger partial charge on any atom is -0.264 e. The maximum atomic E-state index is 4.28. The Kier molecular flexibility index (Phi) is 1.76. The lowest BCUT2D eigenvalue weighted by Crippen LogP contribution is -2.13. The summed E-state index contributed by atoms with van der Waals surface area (Å²) in [6.45, 7) is 6.70. The van der Waals surface area contributed by atoms with Gasteiger partial charge in [-0.2, -0.15) is 0 Å². The van der Waals surface area contributed by atoms with E-state index in [1.165, 1.54) is 16.7 Å². The lowest BCUT2D eigenvalue weighted by molar-refractivity contribution is 0.585. The van der Waals surface area contributed by atoms with E-state index in [9.17, 15) is 0 Å². The number of pyridine rings is 1. The third kappa shape index (κ3) is 1.39. The van der Waals surface area contributed by atoms with Gasteiger partial charge in [-0.1, -0.05) is 32.9 Å². The summed E-state index contributed by atoms with van der Waals surface area (Å²) in [5.41, 5.74) is 4.32. The second-order valence-corrected chi connectivity index (χ2v) is 4.62. The quantitative estimate of drug-likeness (QED) is 0.587. The summed E-state index contributed by atoms with van der Waals surface area (Å²) < 4.78 is 0. The maximum absolute atomic E-state index is 4.28. The van der Waals surface area contributed by atoms with E-state index in [-0.39, 0.29) is 5.41 Å². The van der Waals surface area contributed by atoms with E-state index in [0.717, 1.165) is 6.42 Å². The molecule has 0 atom stereocenters. The van der Waals surface area contributed by atoms with Crippen molar-refractivity contribution in [2.75, 3.05) is 0 Å². The van der Waals surface area contributed by atoms with Crippen LogP contribution in [-0.4, -0.2) is 4.98 Å². The first-order chi connectivity index (χ1) is 6.09. The predicted octanol–water partition coefficient (Wildman–Crippen LogP) is 2.95. The van der Waals surface area contributed by atoms with Gasteiger partial charge in [-0.3, -0.25) is 4.98 Å². The molecule has 1 aromatic heterocycles. The molecule has 1 aromatic rings. The Balaban J connectivity index is 2.59. The van der Waals surface area contributed by atoms with Crippen LogP contribution in [0.5, 0.6) is 0 Å². The van der Waals surface area contributed by atoms with Crippen molar-refractivity contribution in [3.63, 3.8) is 0 Å². The van der Waals surface area contributed by atoms with Crippen LogP contribution in [0.1, 0.15) is 37.5 Å².